The molecule has 10 heteroatoms. The van der Waals surface area contributed by atoms with Crippen LogP contribution in [0.15, 0.2) is 16.8 Å². The summed E-state index contributed by atoms with van der Waals surface area (Å²) in [7, 11) is 0. The zero-order chi connectivity index (χ0) is 18.0. The molecule has 0 saturated heterocycles. The molecule has 24 heavy (non-hydrogen) atoms. The van der Waals surface area contributed by atoms with E-state index in [4.69, 9.17) is 14.0 Å². The molecule has 7 nitrogen and oxygen atoms in total. The van der Waals surface area contributed by atoms with Crippen LogP contribution in [-0.2, 0) is 10.9 Å². The van der Waals surface area contributed by atoms with Gasteiger partial charge >= 0.3 is 12.3 Å². The van der Waals surface area contributed by atoms with E-state index in [1.807, 2.05) is 0 Å². The molecule has 0 spiro atoms. The molecule has 1 N–H and O–H groups in total. The number of hydrogen-bond donors (Lipinski definition) is 1. The average molecular weight is 347 g/mol. The van der Waals surface area contributed by atoms with Crippen molar-refractivity contribution in [2.45, 2.75) is 32.5 Å². The second-order valence-electron chi connectivity index (χ2n) is 5.80. The van der Waals surface area contributed by atoms with E-state index in [1.165, 1.54) is 0 Å². The molecule has 0 radical (unpaired) electrons. The number of rotatable bonds is 4. The number of hydrogen-bond acceptors (Lipinski definition) is 6. The summed E-state index contributed by atoms with van der Waals surface area (Å²) in [5.41, 5.74) is -1.88. The fraction of sp³-hybridized carbons (Fsp3) is 0.500. The number of amides is 1. The van der Waals surface area contributed by atoms with E-state index in [0.29, 0.717) is 0 Å². The number of nitrogens with zero attached hydrogens (tertiary/aromatic N) is 2. The third-order valence-electron chi connectivity index (χ3n) is 2.66. The molecule has 1 amide bonds. The second-order valence-corrected chi connectivity index (χ2v) is 5.80. The Bertz CT molecular complexity index is 722. The highest BCUT2D eigenvalue weighted by Crippen LogP contribution is 2.37. The van der Waals surface area contributed by atoms with Crippen molar-refractivity contribution in [3.63, 3.8) is 0 Å². The molecule has 0 aliphatic rings. The smallest absolute Gasteiger partial charge is 0.417 e. The lowest BCUT2D eigenvalue weighted by Gasteiger charge is -2.19. The Morgan fingerprint density at radius 3 is 2.67 bits per heavy atom. The number of halogens is 3. The van der Waals surface area contributed by atoms with Gasteiger partial charge in [-0.1, -0.05) is 0 Å². The Morgan fingerprint density at radius 2 is 2.04 bits per heavy atom. The van der Waals surface area contributed by atoms with Crippen LogP contribution in [0.3, 0.4) is 0 Å². The standard InChI is InChI=1S/C14H16F3N3O4/c1-13(2,3)23-12(21)19-6-7-22-11-9-8(14(15,16)17)4-5-18-10(9)24-20-11/h4-5H,6-7H2,1-3H3,(H,19,21). The molecule has 0 aliphatic heterocycles. The first-order valence-electron chi connectivity index (χ1n) is 6.99. The lowest BCUT2D eigenvalue weighted by molar-refractivity contribution is -0.136. The maximum absolute atomic E-state index is 13.0. The zero-order valence-electron chi connectivity index (χ0n) is 13.2. The van der Waals surface area contributed by atoms with Gasteiger partial charge in [-0.25, -0.2) is 9.78 Å². The fourth-order valence-corrected chi connectivity index (χ4v) is 1.80. The van der Waals surface area contributed by atoms with Gasteiger partial charge in [-0.3, -0.25) is 0 Å². The number of alkyl carbamates (subject to hydrolysis) is 1. The van der Waals surface area contributed by atoms with Crippen LogP contribution in [-0.4, -0.2) is 35.0 Å². The lowest BCUT2D eigenvalue weighted by Crippen LogP contribution is -2.34. The normalized spacial score (nSPS) is 12.2. The first-order chi connectivity index (χ1) is 11.1. The molecule has 0 unspecified atom stereocenters. The van der Waals surface area contributed by atoms with Crippen LogP contribution in [0, 0.1) is 0 Å². The molecule has 132 valence electrons. The Morgan fingerprint density at radius 1 is 1.33 bits per heavy atom. The van der Waals surface area contributed by atoms with Crippen LogP contribution in [0.1, 0.15) is 26.3 Å². The van der Waals surface area contributed by atoms with Gasteiger partial charge in [0.15, 0.2) is 0 Å². The lowest BCUT2D eigenvalue weighted by atomic mass is 10.2. The fourth-order valence-electron chi connectivity index (χ4n) is 1.80. The number of carbonyl (C=O) groups is 1. The number of alkyl halides is 3. The second kappa shape index (κ2) is 6.54. The van der Waals surface area contributed by atoms with Gasteiger partial charge in [0.05, 0.1) is 12.1 Å². The first kappa shape index (κ1) is 17.8. The van der Waals surface area contributed by atoms with E-state index in [-0.39, 0.29) is 30.1 Å². The molecule has 2 rings (SSSR count). The van der Waals surface area contributed by atoms with E-state index in [9.17, 15) is 18.0 Å². The number of aromatic nitrogens is 2. The predicted molar refractivity (Wildman–Crippen MR) is 76.5 cm³/mol. The van der Waals surface area contributed by atoms with Crippen molar-refractivity contribution in [1.82, 2.24) is 15.5 Å². The van der Waals surface area contributed by atoms with E-state index < -0.39 is 23.4 Å². The largest absolute Gasteiger partial charge is 0.473 e. The molecule has 2 aromatic rings. The molecular formula is C14H16F3N3O4. The minimum atomic E-state index is -4.60. The zero-order valence-corrected chi connectivity index (χ0v) is 13.2. The maximum Gasteiger partial charge on any atom is 0.417 e. The monoisotopic (exact) mass is 347 g/mol. The van der Waals surface area contributed by atoms with Gasteiger partial charge in [-0.15, -0.1) is 0 Å². The molecule has 0 atom stereocenters. The minimum absolute atomic E-state index is 0.0187. The molecule has 0 saturated carbocycles. The third kappa shape index (κ3) is 4.49. The molecule has 0 bridgehead atoms. The Labute approximate surface area is 135 Å². The first-order valence-corrected chi connectivity index (χ1v) is 6.99. The van der Waals surface area contributed by atoms with Crippen LogP contribution in [0.5, 0.6) is 5.88 Å². The maximum atomic E-state index is 13.0. The number of pyridine rings is 1. The van der Waals surface area contributed by atoms with Gasteiger partial charge in [0.1, 0.15) is 17.6 Å². The Balaban J connectivity index is 2.00. The van der Waals surface area contributed by atoms with Crippen LogP contribution in [0.4, 0.5) is 18.0 Å². The Kier molecular flexibility index (Phi) is 4.86. The summed E-state index contributed by atoms with van der Waals surface area (Å²) in [5, 5.41) is 5.50. The van der Waals surface area contributed by atoms with Crippen molar-refractivity contribution in [2.24, 2.45) is 0 Å². The average Bonchev–Trinajstić information content (AvgIpc) is 2.83. The van der Waals surface area contributed by atoms with E-state index in [2.05, 4.69) is 15.5 Å². The van der Waals surface area contributed by atoms with Gasteiger partial charge in [0.2, 0.25) is 0 Å². The van der Waals surface area contributed by atoms with Crippen molar-refractivity contribution >= 4 is 17.2 Å². The number of carbonyl (C=O) groups excluding carboxylic acids is 1. The summed E-state index contributed by atoms with van der Waals surface area (Å²) in [6.07, 6.45) is -4.28. The highest BCUT2D eigenvalue weighted by molar-refractivity contribution is 5.83. The number of ether oxygens (including phenoxy) is 2. The molecule has 0 aliphatic carbocycles. The summed E-state index contributed by atoms with van der Waals surface area (Å²) in [4.78, 5) is 15.1. The van der Waals surface area contributed by atoms with Gasteiger partial charge in [-0.2, -0.15) is 13.2 Å². The van der Waals surface area contributed by atoms with Gasteiger partial charge in [0, 0.05) is 6.20 Å². The van der Waals surface area contributed by atoms with Crippen molar-refractivity contribution in [3.05, 3.63) is 17.8 Å². The van der Waals surface area contributed by atoms with Crippen LogP contribution >= 0.6 is 0 Å². The SMILES string of the molecule is CC(C)(C)OC(=O)NCCOc1noc2nccc(C(F)(F)F)c12. The summed E-state index contributed by atoms with van der Waals surface area (Å²) in [6.45, 7) is 5.01. The summed E-state index contributed by atoms with van der Waals surface area (Å²) < 4.78 is 53.9. The number of fused-ring (bicyclic) bond motifs is 1. The topological polar surface area (TPSA) is 86.5 Å². The highest BCUT2D eigenvalue weighted by Gasteiger charge is 2.35. The van der Waals surface area contributed by atoms with Crippen LogP contribution in [0.2, 0.25) is 0 Å². The van der Waals surface area contributed by atoms with E-state index in [1.54, 1.807) is 20.8 Å². The molecule has 2 heterocycles. The van der Waals surface area contributed by atoms with Crippen molar-refractivity contribution in [2.75, 3.05) is 13.2 Å². The molecule has 2 aromatic heterocycles. The predicted octanol–water partition coefficient (Wildman–Crippen LogP) is 3.15. The third-order valence-corrected chi connectivity index (χ3v) is 2.66. The molecular weight excluding hydrogens is 331 g/mol. The van der Waals surface area contributed by atoms with E-state index in [0.717, 1.165) is 12.3 Å². The minimum Gasteiger partial charge on any atom is -0.473 e. The molecule has 0 aromatic carbocycles. The quantitative estimate of drug-likeness (QED) is 0.855. The van der Waals surface area contributed by atoms with Crippen molar-refractivity contribution in [3.8, 4) is 5.88 Å². The van der Waals surface area contributed by atoms with Crippen LogP contribution < -0.4 is 10.1 Å². The highest BCUT2D eigenvalue weighted by atomic mass is 19.4. The number of nitrogens with one attached hydrogen (secondary N) is 1. The van der Waals surface area contributed by atoms with Crippen molar-refractivity contribution in [1.29, 1.82) is 0 Å². The van der Waals surface area contributed by atoms with Crippen molar-refractivity contribution < 1.29 is 32.0 Å². The summed E-state index contributed by atoms with van der Waals surface area (Å²) in [5.74, 6) is -0.337. The molecule has 0 fully saturated rings. The van der Waals surface area contributed by atoms with Gasteiger partial charge in [-0.05, 0) is 32.0 Å². The summed E-state index contributed by atoms with van der Waals surface area (Å²) in [6, 6.07) is 0.811. The van der Waals surface area contributed by atoms with Gasteiger partial charge < -0.3 is 19.3 Å². The van der Waals surface area contributed by atoms with Gasteiger partial charge in [0.25, 0.3) is 11.6 Å². The summed E-state index contributed by atoms with van der Waals surface area (Å²) >= 11 is 0. The van der Waals surface area contributed by atoms with Crippen LogP contribution in [0.25, 0.3) is 11.1 Å². The Hall–Kier alpha value is -2.52. The van der Waals surface area contributed by atoms with E-state index >= 15 is 0 Å².